The van der Waals surface area contributed by atoms with Gasteiger partial charge >= 0.3 is 5.82 Å². The molecule has 0 N–H and O–H groups in total. The summed E-state index contributed by atoms with van der Waals surface area (Å²) in [4.78, 5) is 22.2. The summed E-state index contributed by atoms with van der Waals surface area (Å²) in [5, 5.41) is 11.2. The Morgan fingerprint density at radius 2 is 1.88 bits per heavy atom. The van der Waals surface area contributed by atoms with Gasteiger partial charge in [-0.2, -0.15) is 0 Å². The van der Waals surface area contributed by atoms with E-state index in [1.807, 2.05) is 24.3 Å². The summed E-state index contributed by atoms with van der Waals surface area (Å²) in [6.07, 6.45) is 5.11. The van der Waals surface area contributed by atoms with Crippen LogP contribution in [0.2, 0.25) is 0 Å². The van der Waals surface area contributed by atoms with Gasteiger partial charge in [-0.25, -0.2) is 14.5 Å². The SMILES string of the molecule is Cn1c([N+](=O)[O-])cnc1-c1nc2ccccc2n1CCN1CCCCC1. The van der Waals surface area contributed by atoms with Crippen molar-refractivity contribution in [2.75, 3.05) is 19.6 Å². The van der Waals surface area contributed by atoms with E-state index in [9.17, 15) is 10.1 Å². The van der Waals surface area contributed by atoms with Gasteiger partial charge in [0.2, 0.25) is 5.82 Å². The quantitative estimate of drug-likeness (QED) is 0.520. The third kappa shape index (κ3) is 2.96. The Morgan fingerprint density at radius 1 is 1.12 bits per heavy atom. The third-order valence-corrected chi connectivity index (χ3v) is 5.09. The highest BCUT2D eigenvalue weighted by Crippen LogP contribution is 2.26. The van der Waals surface area contributed by atoms with Gasteiger partial charge in [-0.05, 0) is 43.0 Å². The van der Waals surface area contributed by atoms with Crippen molar-refractivity contribution in [1.82, 2.24) is 24.0 Å². The fourth-order valence-electron chi connectivity index (χ4n) is 3.67. The number of rotatable bonds is 5. The largest absolute Gasteiger partial charge is 0.358 e. The fourth-order valence-corrected chi connectivity index (χ4v) is 3.67. The molecule has 8 heteroatoms. The van der Waals surface area contributed by atoms with Crippen molar-refractivity contribution in [2.24, 2.45) is 7.05 Å². The lowest BCUT2D eigenvalue weighted by atomic mass is 10.1. The van der Waals surface area contributed by atoms with Crippen LogP contribution in [0.4, 0.5) is 5.82 Å². The molecule has 0 atom stereocenters. The van der Waals surface area contributed by atoms with Crippen LogP contribution in [0.15, 0.2) is 30.5 Å². The first-order chi connectivity index (χ1) is 12.6. The number of benzene rings is 1. The fraction of sp³-hybridized carbons (Fsp3) is 0.444. The summed E-state index contributed by atoms with van der Waals surface area (Å²) >= 11 is 0. The van der Waals surface area contributed by atoms with E-state index < -0.39 is 4.92 Å². The molecule has 0 saturated carbocycles. The number of hydrogen-bond donors (Lipinski definition) is 0. The average Bonchev–Trinajstić information content (AvgIpc) is 3.21. The van der Waals surface area contributed by atoms with Crippen molar-refractivity contribution in [3.63, 3.8) is 0 Å². The van der Waals surface area contributed by atoms with Gasteiger partial charge in [0.1, 0.15) is 6.20 Å². The minimum Gasteiger partial charge on any atom is -0.358 e. The highest BCUT2D eigenvalue weighted by Gasteiger charge is 2.24. The number of likely N-dealkylation sites (tertiary alicyclic amines) is 1. The third-order valence-electron chi connectivity index (χ3n) is 5.09. The molecule has 3 heterocycles. The van der Waals surface area contributed by atoms with Gasteiger partial charge in [0.25, 0.3) is 5.82 Å². The van der Waals surface area contributed by atoms with Crippen LogP contribution in [0.3, 0.4) is 0 Å². The summed E-state index contributed by atoms with van der Waals surface area (Å²) in [5.41, 5.74) is 1.91. The zero-order chi connectivity index (χ0) is 18.1. The average molecular weight is 354 g/mol. The molecule has 1 fully saturated rings. The molecule has 3 aromatic rings. The maximum Gasteiger partial charge on any atom is 0.343 e. The maximum atomic E-state index is 11.2. The molecule has 8 nitrogen and oxygen atoms in total. The second kappa shape index (κ2) is 6.87. The molecule has 0 radical (unpaired) electrons. The number of nitro groups is 1. The van der Waals surface area contributed by atoms with Crippen LogP contribution in [0.5, 0.6) is 0 Å². The molecule has 1 aliphatic heterocycles. The molecule has 1 saturated heterocycles. The minimum atomic E-state index is -0.419. The van der Waals surface area contributed by atoms with Crippen LogP contribution in [-0.2, 0) is 13.6 Å². The van der Waals surface area contributed by atoms with Gasteiger partial charge in [-0.1, -0.05) is 18.6 Å². The first-order valence-electron chi connectivity index (χ1n) is 8.99. The van der Waals surface area contributed by atoms with Crippen LogP contribution in [0.1, 0.15) is 19.3 Å². The number of hydrogen-bond acceptors (Lipinski definition) is 5. The molecule has 136 valence electrons. The Morgan fingerprint density at radius 3 is 2.62 bits per heavy atom. The zero-order valence-corrected chi connectivity index (χ0v) is 14.8. The number of para-hydroxylation sites is 2. The van der Waals surface area contributed by atoms with Crippen molar-refractivity contribution in [2.45, 2.75) is 25.8 Å². The predicted molar refractivity (Wildman–Crippen MR) is 98.9 cm³/mol. The van der Waals surface area contributed by atoms with Crippen LogP contribution in [0.25, 0.3) is 22.7 Å². The van der Waals surface area contributed by atoms with E-state index in [2.05, 4.69) is 14.5 Å². The number of piperidine rings is 1. The molecule has 1 aliphatic rings. The maximum absolute atomic E-state index is 11.2. The molecule has 2 aromatic heterocycles. The van der Waals surface area contributed by atoms with Gasteiger partial charge in [-0.15, -0.1) is 0 Å². The predicted octanol–water partition coefficient (Wildman–Crippen LogP) is 2.83. The normalized spacial score (nSPS) is 15.6. The monoisotopic (exact) mass is 354 g/mol. The topological polar surface area (TPSA) is 82.0 Å². The van der Waals surface area contributed by atoms with Crippen molar-refractivity contribution in [3.05, 3.63) is 40.6 Å². The summed E-state index contributed by atoms with van der Waals surface area (Å²) in [5.74, 6) is 1.17. The minimum absolute atomic E-state index is 0.0327. The first kappa shape index (κ1) is 16.7. The number of nitrogens with zero attached hydrogens (tertiary/aromatic N) is 6. The molecule has 26 heavy (non-hydrogen) atoms. The smallest absolute Gasteiger partial charge is 0.343 e. The highest BCUT2D eigenvalue weighted by molar-refractivity contribution is 5.79. The molecule has 0 unspecified atom stereocenters. The van der Waals surface area contributed by atoms with Crippen LogP contribution < -0.4 is 0 Å². The van der Waals surface area contributed by atoms with Gasteiger partial charge in [-0.3, -0.25) is 0 Å². The van der Waals surface area contributed by atoms with Crippen molar-refractivity contribution in [3.8, 4) is 11.6 Å². The van der Waals surface area contributed by atoms with E-state index in [-0.39, 0.29) is 5.82 Å². The number of aromatic nitrogens is 4. The van der Waals surface area contributed by atoms with Crippen LogP contribution in [-0.4, -0.2) is 48.6 Å². The lowest BCUT2D eigenvalue weighted by molar-refractivity contribution is -0.391. The summed E-state index contributed by atoms with van der Waals surface area (Å²) in [7, 11) is 1.66. The Balaban J connectivity index is 1.73. The van der Waals surface area contributed by atoms with E-state index in [0.29, 0.717) is 11.6 Å². The lowest BCUT2D eigenvalue weighted by Gasteiger charge is -2.26. The summed E-state index contributed by atoms with van der Waals surface area (Å²) in [6, 6.07) is 7.95. The van der Waals surface area contributed by atoms with Crippen LogP contribution in [0, 0.1) is 10.1 Å². The summed E-state index contributed by atoms with van der Waals surface area (Å²) < 4.78 is 3.63. The molecule has 1 aromatic carbocycles. The first-order valence-corrected chi connectivity index (χ1v) is 8.99. The summed E-state index contributed by atoms with van der Waals surface area (Å²) in [6.45, 7) is 4.00. The van der Waals surface area contributed by atoms with Crippen molar-refractivity contribution in [1.29, 1.82) is 0 Å². The van der Waals surface area contributed by atoms with Gasteiger partial charge < -0.3 is 19.6 Å². The van der Waals surface area contributed by atoms with Gasteiger partial charge in [0.05, 0.1) is 18.1 Å². The molecule has 0 aliphatic carbocycles. The Bertz CT molecular complexity index is 938. The van der Waals surface area contributed by atoms with E-state index in [4.69, 9.17) is 4.98 Å². The van der Waals surface area contributed by atoms with Gasteiger partial charge in [0.15, 0.2) is 0 Å². The van der Waals surface area contributed by atoms with E-state index >= 15 is 0 Å². The Labute approximate surface area is 151 Å². The Hall–Kier alpha value is -2.74. The van der Waals surface area contributed by atoms with E-state index in [1.54, 1.807) is 7.05 Å². The second-order valence-corrected chi connectivity index (χ2v) is 6.73. The van der Waals surface area contributed by atoms with Crippen LogP contribution >= 0.6 is 0 Å². The molecule has 0 bridgehead atoms. The molecule has 0 spiro atoms. The van der Waals surface area contributed by atoms with E-state index in [1.165, 1.54) is 30.0 Å². The standard InChI is InChI=1S/C18H22N6O2/c1-21-16(24(25)26)13-19-17(21)18-20-14-7-3-4-8-15(14)23(18)12-11-22-9-5-2-6-10-22/h3-4,7-8,13H,2,5-6,9-12H2,1H3. The van der Waals surface area contributed by atoms with Crippen molar-refractivity contribution >= 4 is 16.9 Å². The Kier molecular flexibility index (Phi) is 4.42. The second-order valence-electron chi connectivity index (χ2n) is 6.73. The lowest BCUT2D eigenvalue weighted by Crippen LogP contribution is -2.32. The number of fused-ring (bicyclic) bond motifs is 1. The zero-order valence-electron chi connectivity index (χ0n) is 14.8. The molecule has 4 rings (SSSR count). The highest BCUT2D eigenvalue weighted by atomic mass is 16.6. The van der Waals surface area contributed by atoms with Gasteiger partial charge in [0, 0.05) is 13.1 Å². The van der Waals surface area contributed by atoms with Crippen molar-refractivity contribution < 1.29 is 4.92 Å². The molecule has 0 amide bonds. The number of imidazole rings is 2. The van der Waals surface area contributed by atoms with E-state index in [0.717, 1.165) is 37.2 Å². The molecular formula is C18H22N6O2. The molecular weight excluding hydrogens is 332 g/mol.